The van der Waals surface area contributed by atoms with E-state index in [0.29, 0.717) is 12.1 Å². The Kier molecular flexibility index (Phi) is 3.27. The summed E-state index contributed by atoms with van der Waals surface area (Å²) in [6.07, 6.45) is -4.79. The van der Waals surface area contributed by atoms with Gasteiger partial charge in [0.1, 0.15) is 5.82 Å². The molecule has 4 nitrogen and oxygen atoms in total. The summed E-state index contributed by atoms with van der Waals surface area (Å²) in [6, 6.07) is 1.91. The van der Waals surface area contributed by atoms with Crippen molar-refractivity contribution in [3.63, 3.8) is 0 Å². The summed E-state index contributed by atoms with van der Waals surface area (Å²) >= 11 is 0. The number of hydrogen-bond donors (Lipinski definition) is 1. The van der Waals surface area contributed by atoms with Gasteiger partial charge in [-0.2, -0.15) is 13.2 Å². The number of hydrogen-bond acceptors (Lipinski definition) is 4. The van der Waals surface area contributed by atoms with Crippen LogP contribution in [0.2, 0.25) is 0 Å². The highest BCUT2D eigenvalue weighted by Gasteiger charge is 2.34. The van der Waals surface area contributed by atoms with E-state index in [9.17, 15) is 17.6 Å². The number of halogens is 4. The van der Waals surface area contributed by atoms with Crippen LogP contribution in [0.4, 0.5) is 17.6 Å². The van der Waals surface area contributed by atoms with Gasteiger partial charge in [0.05, 0.1) is 11.6 Å². The Balaban J connectivity index is 2.45. The van der Waals surface area contributed by atoms with Crippen LogP contribution in [0.1, 0.15) is 24.4 Å². The molecule has 2 rings (SSSR count). The molecule has 102 valence electrons. The second-order valence-corrected chi connectivity index (χ2v) is 3.93. The molecule has 0 aliphatic rings. The Hall–Kier alpha value is -1.96. The normalized spacial score (nSPS) is 13.6. The van der Waals surface area contributed by atoms with Crippen LogP contribution in [0.5, 0.6) is 0 Å². The average molecular weight is 275 g/mol. The van der Waals surface area contributed by atoms with E-state index in [4.69, 9.17) is 10.2 Å². The SMILES string of the molecule is CC(N)c1nnc(-c2ccc(F)c(C(F)(F)F)c2)o1. The fraction of sp³-hybridized carbons (Fsp3) is 0.273. The van der Waals surface area contributed by atoms with E-state index in [0.717, 1.165) is 6.07 Å². The van der Waals surface area contributed by atoms with Gasteiger partial charge in [0.2, 0.25) is 11.8 Å². The van der Waals surface area contributed by atoms with Crippen molar-refractivity contribution in [3.8, 4) is 11.5 Å². The number of rotatable bonds is 2. The first kappa shape index (κ1) is 13.5. The lowest BCUT2D eigenvalue weighted by Gasteiger charge is -2.08. The average Bonchev–Trinajstić information content (AvgIpc) is 2.77. The number of nitrogens with two attached hydrogens (primary N) is 1. The number of nitrogens with zero attached hydrogens (tertiary/aromatic N) is 2. The lowest BCUT2D eigenvalue weighted by atomic mass is 10.1. The number of aromatic nitrogens is 2. The highest BCUT2D eigenvalue weighted by molar-refractivity contribution is 5.54. The van der Waals surface area contributed by atoms with Crippen molar-refractivity contribution in [1.82, 2.24) is 10.2 Å². The third kappa shape index (κ3) is 2.73. The molecule has 1 aromatic heterocycles. The molecular weight excluding hydrogens is 266 g/mol. The van der Waals surface area contributed by atoms with Gasteiger partial charge in [0, 0.05) is 5.56 Å². The largest absolute Gasteiger partial charge is 0.419 e. The maximum Gasteiger partial charge on any atom is 0.419 e. The first-order valence-electron chi connectivity index (χ1n) is 5.25. The monoisotopic (exact) mass is 275 g/mol. The molecule has 0 fully saturated rings. The van der Waals surface area contributed by atoms with Gasteiger partial charge < -0.3 is 10.2 Å². The van der Waals surface area contributed by atoms with Crippen LogP contribution in [-0.4, -0.2) is 10.2 Å². The van der Waals surface area contributed by atoms with Gasteiger partial charge in [-0.1, -0.05) is 0 Å². The van der Waals surface area contributed by atoms with Crippen molar-refractivity contribution < 1.29 is 22.0 Å². The molecule has 0 spiro atoms. The lowest BCUT2D eigenvalue weighted by molar-refractivity contribution is -0.139. The Bertz CT molecular complexity index is 592. The smallest absolute Gasteiger partial charge is 0.419 e. The molecule has 0 aliphatic carbocycles. The second-order valence-electron chi connectivity index (χ2n) is 3.93. The predicted molar refractivity (Wildman–Crippen MR) is 57.3 cm³/mol. The highest BCUT2D eigenvalue weighted by Crippen LogP contribution is 2.34. The number of alkyl halides is 3. The Morgan fingerprint density at radius 2 is 1.95 bits per heavy atom. The van der Waals surface area contributed by atoms with E-state index in [1.807, 2.05) is 0 Å². The zero-order valence-corrected chi connectivity index (χ0v) is 9.70. The fourth-order valence-electron chi connectivity index (χ4n) is 1.41. The molecule has 0 saturated carbocycles. The molecule has 1 heterocycles. The first-order valence-corrected chi connectivity index (χ1v) is 5.25. The van der Waals surface area contributed by atoms with Crippen LogP contribution >= 0.6 is 0 Å². The van der Waals surface area contributed by atoms with Gasteiger partial charge in [-0.05, 0) is 25.1 Å². The predicted octanol–water partition coefficient (Wildman–Crippen LogP) is 2.91. The first-order chi connectivity index (χ1) is 8.79. The molecule has 1 aromatic carbocycles. The van der Waals surface area contributed by atoms with Gasteiger partial charge in [0.25, 0.3) is 0 Å². The van der Waals surface area contributed by atoms with Gasteiger partial charge in [-0.3, -0.25) is 0 Å². The zero-order valence-electron chi connectivity index (χ0n) is 9.70. The summed E-state index contributed by atoms with van der Waals surface area (Å²) in [5.41, 5.74) is 4.09. The Morgan fingerprint density at radius 3 is 2.47 bits per heavy atom. The molecule has 0 bridgehead atoms. The van der Waals surface area contributed by atoms with Crippen LogP contribution in [-0.2, 0) is 6.18 Å². The summed E-state index contributed by atoms with van der Waals surface area (Å²) in [5, 5.41) is 7.16. The Morgan fingerprint density at radius 1 is 1.26 bits per heavy atom. The summed E-state index contributed by atoms with van der Waals surface area (Å²) in [7, 11) is 0. The van der Waals surface area contributed by atoms with E-state index in [1.165, 1.54) is 0 Å². The standard InChI is InChI=1S/C11H9F4N3O/c1-5(16)9-17-18-10(19-9)6-2-3-8(12)7(4-6)11(13,14)15/h2-5H,16H2,1H3. The van der Waals surface area contributed by atoms with Crippen LogP contribution in [0.3, 0.4) is 0 Å². The van der Waals surface area contributed by atoms with Crippen molar-refractivity contribution in [3.05, 3.63) is 35.5 Å². The minimum atomic E-state index is -4.79. The summed E-state index contributed by atoms with van der Waals surface area (Å²) in [6.45, 7) is 1.59. The van der Waals surface area contributed by atoms with Crippen molar-refractivity contribution in [2.45, 2.75) is 19.1 Å². The fourth-order valence-corrected chi connectivity index (χ4v) is 1.41. The lowest BCUT2D eigenvalue weighted by Crippen LogP contribution is -2.08. The van der Waals surface area contributed by atoms with Gasteiger partial charge in [-0.15, -0.1) is 10.2 Å². The molecular formula is C11H9F4N3O. The highest BCUT2D eigenvalue weighted by atomic mass is 19.4. The van der Waals surface area contributed by atoms with Gasteiger partial charge in [0.15, 0.2) is 0 Å². The van der Waals surface area contributed by atoms with E-state index < -0.39 is 23.6 Å². The van der Waals surface area contributed by atoms with Crippen molar-refractivity contribution in [2.24, 2.45) is 5.73 Å². The third-order valence-electron chi connectivity index (χ3n) is 2.35. The molecule has 0 radical (unpaired) electrons. The quantitative estimate of drug-likeness (QED) is 0.856. The molecule has 1 atom stereocenters. The summed E-state index contributed by atoms with van der Waals surface area (Å²) < 4.78 is 55.9. The molecule has 0 aliphatic heterocycles. The van der Waals surface area contributed by atoms with E-state index in [2.05, 4.69) is 10.2 Å². The van der Waals surface area contributed by atoms with Crippen LogP contribution < -0.4 is 5.73 Å². The summed E-state index contributed by atoms with van der Waals surface area (Å²) in [4.78, 5) is 0. The molecule has 0 amide bonds. The minimum absolute atomic E-state index is 0.0203. The molecule has 2 aromatic rings. The molecule has 1 unspecified atom stereocenters. The van der Waals surface area contributed by atoms with Gasteiger partial charge >= 0.3 is 6.18 Å². The van der Waals surface area contributed by atoms with Crippen molar-refractivity contribution >= 4 is 0 Å². The van der Waals surface area contributed by atoms with Crippen molar-refractivity contribution in [2.75, 3.05) is 0 Å². The third-order valence-corrected chi connectivity index (χ3v) is 2.35. The molecule has 2 N–H and O–H groups in total. The van der Waals surface area contributed by atoms with Crippen molar-refractivity contribution in [1.29, 1.82) is 0 Å². The van der Waals surface area contributed by atoms with E-state index in [-0.39, 0.29) is 17.3 Å². The zero-order chi connectivity index (χ0) is 14.2. The van der Waals surface area contributed by atoms with Crippen LogP contribution in [0.15, 0.2) is 22.6 Å². The molecule has 19 heavy (non-hydrogen) atoms. The van der Waals surface area contributed by atoms with E-state index >= 15 is 0 Å². The second kappa shape index (κ2) is 4.61. The minimum Gasteiger partial charge on any atom is -0.419 e. The molecule has 8 heteroatoms. The summed E-state index contributed by atoms with van der Waals surface area (Å²) in [5.74, 6) is -1.41. The molecule has 0 saturated heterocycles. The van der Waals surface area contributed by atoms with Crippen LogP contribution in [0.25, 0.3) is 11.5 Å². The van der Waals surface area contributed by atoms with Gasteiger partial charge in [-0.25, -0.2) is 4.39 Å². The maximum absolute atomic E-state index is 13.1. The Labute approximate surface area is 105 Å². The number of benzene rings is 1. The topological polar surface area (TPSA) is 64.9 Å². The maximum atomic E-state index is 13.1. The van der Waals surface area contributed by atoms with Crippen LogP contribution in [0, 0.1) is 5.82 Å². The van der Waals surface area contributed by atoms with E-state index in [1.54, 1.807) is 6.92 Å².